The molecule has 200 valence electrons. The van der Waals surface area contributed by atoms with E-state index in [0.717, 1.165) is 59.2 Å². The van der Waals surface area contributed by atoms with Gasteiger partial charge in [-0.05, 0) is 85.0 Å². The summed E-state index contributed by atoms with van der Waals surface area (Å²) in [7, 11) is 0. The maximum atomic E-state index is 10.1. The minimum atomic E-state index is 0.563. The zero-order valence-corrected chi connectivity index (χ0v) is 23.9. The van der Waals surface area contributed by atoms with E-state index >= 15 is 0 Å². The third-order valence-corrected chi connectivity index (χ3v) is 7.41. The van der Waals surface area contributed by atoms with Gasteiger partial charge in [0, 0.05) is 37.6 Å². The number of hydrogen-bond acceptors (Lipinski definition) is 3. The second kappa shape index (κ2) is 13.3. The molecule has 0 radical (unpaired) electrons. The van der Waals surface area contributed by atoms with E-state index in [0.29, 0.717) is 11.3 Å². The van der Waals surface area contributed by atoms with Crippen LogP contribution in [0.2, 0.25) is 0 Å². The predicted octanol–water partition coefficient (Wildman–Crippen LogP) is 9.30. The molecule has 0 saturated heterocycles. The van der Waals surface area contributed by atoms with Crippen LogP contribution in [0, 0.1) is 17.9 Å². The van der Waals surface area contributed by atoms with Gasteiger partial charge < -0.3 is 9.80 Å². The average Bonchev–Trinajstić information content (AvgIpc) is 3.00. The van der Waals surface area contributed by atoms with Gasteiger partial charge in [0.2, 0.25) is 5.69 Å². The third-order valence-electron chi connectivity index (χ3n) is 7.41. The first-order valence-corrected chi connectivity index (χ1v) is 14.0. The van der Waals surface area contributed by atoms with E-state index < -0.39 is 0 Å². The predicted molar refractivity (Wildman–Crippen MR) is 173 cm³/mol. The molecule has 0 atom stereocenters. The number of nitrogens with zero attached hydrogens (tertiary/aromatic N) is 4. The van der Waals surface area contributed by atoms with Crippen LogP contribution in [-0.4, -0.2) is 26.2 Å². The van der Waals surface area contributed by atoms with Crippen LogP contribution in [0.5, 0.6) is 0 Å². The molecule has 0 aliphatic carbocycles. The van der Waals surface area contributed by atoms with Gasteiger partial charge in [0.15, 0.2) is 0 Å². The van der Waals surface area contributed by atoms with Crippen molar-refractivity contribution in [3.8, 4) is 6.07 Å². The highest BCUT2D eigenvalue weighted by molar-refractivity contribution is 6.03. The summed E-state index contributed by atoms with van der Waals surface area (Å²) < 4.78 is 0. The van der Waals surface area contributed by atoms with E-state index in [1.54, 1.807) is 0 Å². The molecule has 0 heterocycles. The summed E-state index contributed by atoms with van der Waals surface area (Å²) in [4.78, 5) is 8.49. The Labute approximate surface area is 238 Å². The molecule has 4 rings (SSSR count). The molecule has 40 heavy (non-hydrogen) atoms. The van der Waals surface area contributed by atoms with Gasteiger partial charge in [0.05, 0.1) is 12.1 Å². The highest BCUT2D eigenvalue weighted by atomic mass is 15.1. The lowest BCUT2D eigenvalue weighted by molar-refractivity contribution is 0.866. The third kappa shape index (κ3) is 6.09. The molecule has 4 nitrogen and oxygen atoms in total. The standard InChI is InChI=1S/C36H36N4/c1-6-39(7-2)31-20-12-27(13-21-31)10-16-29-18-25-34-33(35(29)26-37)24-19-30(36(34)38-5)17-11-28-14-22-32(23-15-28)40(8-3)9-4/h10-25H,6-9H2,1-4H3/b16-10+,17-11+. The van der Waals surface area contributed by atoms with Crippen molar-refractivity contribution in [3.63, 3.8) is 0 Å². The van der Waals surface area contributed by atoms with Crippen LogP contribution >= 0.6 is 0 Å². The molecule has 4 aromatic rings. The summed E-state index contributed by atoms with van der Waals surface area (Å²) in [5.74, 6) is 0. The molecular formula is C36H36N4. The molecule has 0 aliphatic heterocycles. The maximum Gasteiger partial charge on any atom is 0.202 e. The van der Waals surface area contributed by atoms with Gasteiger partial charge in [-0.25, -0.2) is 4.85 Å². The monoisotopic (exact) mass is 524 g/mol. The van der Waals surface area contributed by atoms with Crippen LogP contribution in [0.4, 0.5) is 17.1 Å². The van der Waals surface area contributed by atoms with Crippen molar-refractivity contribution in [1.29, 1.82) is 5.26 Å². The fourth-order valence-corrected chi connectivity index (χ4v) is 5.09. The van der Waals surface area contributed by atoms with E-state index in [9.17, 15) is 5.26 Å². The van der Waals surface area contributed by atoms with Crippen molar-refractivity contribution >= 4 is 52.1 Å². The van der Waals surface area contributed by atoms with E-state index in [-0.39, 0.29) is 0 Å². The van der Waals surface area contributed by atoms with Crippen molar-refractivity contribution in [2.75, 3.05) is 36.0 Å². The van der Waals surface area contributed by atoms with Crippen molar-refractivity contribution in [2.24, 2.45) is 0 Å². The van der Waals surface area contributed by atoms with Gasteiger partial charge in [0.25, 0.3) is 0 Å². The minimum absolute atomic E-state index is 0.563. The van der Waals surface area contributed by atoms with Gasteiger partial charge in [0.1, 0.15) is 6.07 Å². The molecule has 0 amide bonds. The highest BCUT2D eigenvalue weighted by Gasteiger charge is 2.12. The number of rotatable bonds is 10. The SMILES string of the molecule is [C-]#[N+]c1c(/C=C/c2ccc(N(CC)CC)cc2)ccc2c(C#N)c(/C=C/c3ccc(N(CC)CC)cc3)ccc12. The summed E-state index contributed by atoms with van der Waals surface area (Å²) in [6, 6.07) is 27.1. The second-order valence-corrected chi connectivity index (χ2v) is 9.55. The van der Waals surface area contributed by atoms with Crippen molar-refractivity contribution < 1.29 is 0 Å². The highest BCUT2D eigenvalue weighted by Crippen LogP contribution is 2.35. The van der Waals surface area contributed by atoms with Crippen molar-refractivity contribution in [3.05, 3.63) is 112 Å². The Morgan fingerprint density at radius 3 is 1.52 bits per heavy atom. The summed E-state index contributed by atoms with van der Waals surface area (Å²) in [5.41, 5.74) is 7.40. The topological polar surface area (TPSA) is 34.6 Å². The largest absolute Gasteiger partial charge is 0.372 e. The van der Waals surface area contributed by atoms with Crippen LogP contribution in [0.3, 0.4) is 0 Å². The number of hydrogen-bond donors (Lipinski definition) is 0. The molecule has 0 unspecified atom stereocenters. The molecule has 4 aromatic carbocycles. The molecule has 0 aromatic heterocycles. The quantitative estimate of drug-likeness (QED) is 0.153. The van der Waals surface area contributed by atoms with E-state index in [2.05, 4.69) is 96.9 Å². The number of nitriles is 1. The van der Waals surface area contributed by atoms with Gasteiger partial charge in [-0.2, -0.15) is 5.26 Å². The first-order valence-electron chi connectivity index (χ1n) is 14.0. The first-order chi connectivity index (χ1) is 19.6. The number of fused-ring (bicyclic) bond motifs is 1. The van der Waals surface area contributed by atoms with Crippen LogP contribution in [0.25, 0.3) is 39.9 Å². The summed E-state index contributed by atoms with van der Waals surface area (Å²) >= 11 is 0. The summed E-state index contributed by atoms with van der Waals surface area (Å²) in [5, 5.41) is 11.7. The average molecular weight is 525 g/mol. The van der Waals surface area contributed by atoms with Crippen LogP contribution in [0.15, 0.2) is 72.8 Å². The number of anilines is 2. The van der Waals surface area contributed by atoms with E-state index in [4.69, 9.17) is 6.57 Å². The Hall–Kier alpha value is -4.80. The maximum absolute atomic E-state index is 10.1. The van der Waals surface area contributed by atoms with Crippen LogP contribution in [0.1, 0.15) is 55.5 Å². The van der Waals surface area contributed by atoms with Gasteiger partial charge in [-0.3, -0.25) is 0 Å². The molecular weight excluding hydrogens is 488 g/mol. The van der Waals surface area contributed by atoms with E-state index in [1.807, 2.05) is 48.6 Å². The molecule has 4 heteroatoms. The smallest absolute Gasteiger partial charge is 0.202 e. The van der Waals surface area contributed by atoms with Crippen LogP contribution in [-0.2, 0) is 0 Å². The molecule has 0 aliphatic rings. The lowest BCUT2D eigenvalue weighted by Gasteiger charge is -2.20. The molecule has 0 bridgehead atoms. The molecule has 0 fully saturated rings. The first kappa shape index (κ1) is 28.2. The van der Waals surface area contributed by atoms with Crippen molar-refractivity contribution in [1.82, 2.24) is 0 Å². The molecule has 0 spiro atoms. The van der Waals surface area contributed by atoms with Gasteiger partial charge >= 0.3 is 0 Å². The number of benzene rings is 4. The molecule has 0 N–H and O–H groups in total. The Morgan fingerprint density at radius 2 is 1.07 bits per heavy atom. The minimum Gasteiger partial charge on any atom is -0.372 e. The zero-order chi connectivity index (χ0) is 28.5. The molecule has 0 saturated carbocycles. The fraction of sp³-hybridized carbons (Fsp3) is 0.222. The Bertz CT molecular complexity index is 1470. The zero-order valence-electron chi connectivity index (χ0n) is 23.9. The van der Waals surface area contributed by atoms with Crippen LogP contribution < -0.4 is 9.80 Å². The second-order valence-electron chi connectivity index (χ2n) is 9.55. The Morgan fingerprint density at radius 1 is 0.625 bits per heavy atom. The van der Waals surface area contributed by atoms with Gasteiger partial charge in [-0.1, -0.05) is 72.8 Å². The van der Waals surface area contributed by atoms with Crippen molar-refractivity contribution in [2.45, 2.75) is 27.7 Å². The normalized spacial score (nSPS) is 11.2. The summed E-state index contributed by atoms with van der Waals surface area (Å²) in [6.45, 7) is 20.4. The van der Waals surface area contributed by atoms with E-state index in [1.165, 1.54) is 11.4 Å². The van der Waals surface area contributed by atoms with Gasteiger partial charge in [-0.15, -0.1) is 0 Å². The lowest BCUT2D eigenvalue weighted by Crippen LogP contribution is -2.21. The summed E-state index contributed by atoms with van der Waals surface area (Å²) in [6.07, 6.45) is 8.04. The Balaban J connectivity index is 1.62. The fourth-order valence-electron chi connectivity index (χ4n) is 5.09. The Kier molecular flexibility index (Phi) is 9.39. The lowest BCUT2D eigenvalue weighted by atomic mass is 9.95.